The fourth-order valence-corrected chi connectivity index (χ4v) is 4.06. The highest BCUT2D eigenvalue weighted by Gasteiger charge is 2.29. The predicted molar refractivity (Wildman–Crippen MR) is 122 cm³/mol. The van der Waals surface area contributed by atoms with Crippen LogP contribution in [0.25, 0.3) is 11.1 Å². The number of amides is 2. The number of rotatable bonds is 9. The van der Waals surface area contributed by atoms with E-state index in [4.69, 9.17) is 9.84 Å². The zero-order valence-electron chi connectivity index (χ0n) is 18.6. The summed E-state index contributed by atoms with van der Waals surface area (Å²) in [5.74, 6) is -1.45. The number of nitrogens with one attached hydrogen (secondary N) is 2. The molecule has 34 heavy (non-hydrogen) atoms. The molecule has 0 spiro atoms. The second kappa shape index (κ2) is 10.2. The number of alkyl carbamates (subject to hydrolysis) is 1. The summed E-state index contributed by atoms with van der Waals surface area (Å²) in [6.45, 7) is 2.45. The van der Waals surface area contributed by atoms with Crippen LogP contribution in [-0.2, 0) is 16.1 Å². The minimum Gasteiger partial charge on any atom is -0.476 e. The number of benzene rings is 2. The molecule has 176 valence electrons. The van der Waals surface area contributed by atoms with E-state index in [9.17, 15) is 14.4 Å². The Labute approximate surface area is 195 Å². The molecule has 0 saturated carbocycles. The number of ether oxygens (including phenoxy) is 1. The molecular weight excluding hydrogens is 438 g/mol. The van der Waals surface area contributed by atoms with Crippen molar-refractivity contribution >= 4 is 18.0 Å². The van der Waals surface area contributed by atoms with Crippen LogP contribution in [0.2, 0.25) is 0 Å². The predicted octanol–water partition coefficient (Wildman–Crippen LogP) is 2.41. The van der Waals surface area contributed by atoms with Crippen molar-refractivity contribution in [2.45, 2.75) is 31.8 Å². The van der Waals surface area contributed by atoms with Gasteiger partial charge in [0.25, 0.3) is 0 Å². The number of hydrogen-bond acceptors (Lipinski definition) is 6. The molecule has 1 aliphatic carbocycles. The van der Waals surface area contributed by atoms with Crippen molar-refractivity contribution in [2.75, 3.05) is 13.2 Å². The molecule has 10 nitrogen and oxygen atoms in total. The second-order valence-electron chi connectivity index (χ2n) is 8.10. The average Bonchev–Trinajstić information content (AvgIpc) is 3.41. The molecule has 3 N–H and O–H groups in total. The monoisotopic (exact) mass is 463 g/mol. The van der Waals surface area contributed by atoms with Gasteiger partial charge < -0.3 is 20.5 Å². The molecule has 0 fully saturated rings. The van der Waals surface area contributed by atoms with E-state index in [1.807, 2.05) is 24.3 Å². The average molecular weight is 463 g/mol. The highest BCUT2D eigenvalue weighted by atomic mass is 16.5. The van der Waals surface area contributed by atoms with Gasteiger partial charge >= 0.3 is 12.1 Å². The Hall–Kier alpha value is -4.21. The lowest BCUT2D eigenvalue weighted by molar-refractivity contribution is -0.121. The number of aromatic nitrogens is 3. The molecule has 0 radical (unpaired) electrons. The summed E-state index contributed by atoms with van der Waals surface area (Å²) in [5, 5.41) is 21.4. The van der Waals surface area contributed by atoms with E-state index in [1.165, 1.54) is 10.9 Å². The van der Waals surface area contributed by atoms with Crippen LogP contribution in [0.15, 0.2) is 54.7 Å². The van der Waals surface area contributed by atoms with Crippen LogP contribution in [0.1, 0.15) is 40.9 Å². The molecular formula is C24H25N5O5. The van der Waals surface area contributed by atoms with Gasteiger partial charge in [0.1, 0.15) is 6.61 Å². The summed E-state index contributed by atoms with van der Waals surface area (Å²) in [5.41, 5.74) is 4.41. The van der Waals surface area contributed by atoms with E-state index < -0.39 is 18.1 Å². The number of hydrogen-bond donors (Lipinski definition) is 3. The Balaban J connectivity index is 1.21. The van der Waals surface area contributed by atoms with Gasteiger partial charge in [-0.05, 0) is 29.2 Å². The summed E-state index contributed by atoms with van der Waals surface area (Å²) in [6.07, 6.45) is 0.781. The lowest BCUT2D eigenvalue weighted by Crippen LogP contribution is -2.38. The number of carbonyl (C=O) groups is 3. The van der Waals surface area contributed by atoms with E-state index in [1.54, 1.807) is 6.92 Å². The Kier molecular flexibility index (Phi) is 6.86. The minimum absolute atomic E-state index is 0.0322. The molecule has 1 atom stereocenters. The normalized spacial score (nSPS) is 13.0. The maximum Gasteiger partial charge on any atom is 0.407 e. The Morgan fingerprint density at radius 3 is 2.35 bits per heavy atom. The van der Waals surface area contributed by atoms with Gasteiger partial charge in [0.05, 0.1) is 12.7 Å². The van der Waals surface area contributed by atoms with Crippen molar-refractivity contribution in [1.82, 2.24) is 25.6 Å². The van der Waals surface area contributed by atoms with Gasteiger partial charge in [-0.15, -0.1) is 5.10 Å². The fourth-order valence-electron chi connectivity index (χ4n) is 4.06. The quantitative estimate of drug-likeness (QED) is 0.443. The van der Waals surface area contributed by atoms with Gasteiger partial charge in [0, 0.05) is 24.9 Å². The third-order valence-electron chi connectivity index (χ3n) is 5.62. The van der Waals surface area contributed by atoms with Crippen LogP contribution in [-0.4, -0.2) is 57.3 Å². The first-order valence-corrected chi connectivity index (χ1v) is 10.9. The van der Waals surface area contributed by atoms with Gasteiger partial charge in [0.15, 0.2) is 5.69 Å². The SMILES string of the molecule is CC(CC(=O)NCCn1cc(C(=O)O)nn1)NC(=O)OCC1c2ccccc2-c2ccccc21. The second-order valence-corrected chi connectivity index (χ2v) is 8.10. The fraction of sp³-hybridized carbons (Fsp3) is 0.292. The zero-order valence-corrected chi connectivity index (χ0v) is 18.6. The van der Waals surface area contributed by atoms with Gasteiger partial charge in [-0.1, -0.05) is 53.7 Å². The molecule has 1 aliphatic rings. The first kappa shape index (κ1) is 23.0. The van der Waals surface area contributed by atoms with Crippen molar-refractivity contribution in [2.24, 2.45) is 0 Å². The molecule has 10 heteroatoms. The highest BCUT2D eigenvalue weighted by molar-refractivity contribution is 5.84. The molecule has 1 heterocycles. The van der Waals surface area contributed by atoms with Crippen LogP contribution < -0.4 is 10.6 Å². The van der Waals surface area contributed by atoms with Crippen molar-refractivity contribution in [3.8, 4) is 11.1 Å². The van der Waals surface area contributed by atoms with Gasteiger partial charge in [0.2, 0.25) is 5.91 Å². The standard InChI is InChI=1S/C24H25N5O5/c1-15(12-22(30)25-10-11-29-13-21(23(31)32)27-28-29)26-24(33)34-14-20-18-8-4-2-6-16(18)17-7-3-5-9-19(17)20/h2-9,13,15,20H,10-12,14H2,1H3,(H,25,30)(H,26,33)(H,31,32). The maximum atomic E-state index is 12.3. The molecule has 2 amide bonds. The first-order chi connectivity index (χ1) is 16.4. The lowest BCUT2D eigenvalue weighted by Gasteiger charge is -2.17. The highest BCUT2D eigenvalue weighted by Crippen LogP contribution is 2.44. The van der Waals surface area contributed by atoms with E-state index in [-0.39, 0.29) is 43.6 Å². The Morgan fingerprint density at radius 1 is 1.09 bits per heavy atom. The third kappa shape index (κ3) is 5.22. The van der Waals surface area contributed by atoms with Crippen LogP contribution in [0.3, 0.4) is 0 Å². The first-order valence-electron chi connectivity index (χ1n) is 10.9. The summed E-state index contributed by atoms with van der Waals surface area (Å²) < 4.78 is 6.84. The maximum absolute atomic E-state index is 12.3. The van der Waals surface area contributed by atoms with Gasteiger partial charge in [-0.3, -0.25) is 4.79 Å². The molecule has 3 aromatic rings. The summed E-state index contributed by atoms with van der Waals surface area (Å²) in [7, 11) is 0. The lowest BCUT2D eigenvalue weighted by atomic mass is 9.98. The Bertz CT molecular complexity index is 1160. The van der Waals surface area contributed by atoms with Gasteiger partial charge in [-0.2, -0.15) is 0 Å². The summed E-state index contributed by atoms with van der Waals surface area (Å²) in [6, 6.07) is 15.8. The largest absolute Gasteiger partial charge is 0.476 e. The molecule has 4 rings (SSSR count). The topological polar surface area (TPSA) is 135 Å². The Morgan fingerprint density at radius 2 is 1.74 bits per heavy atom. The minimum atomic E-state index is -1.16. The molecule has 0 aliphatic heterocycles. The van der Waals surface area contributed by atoms with Crippen LogP contribution >= 0.6 is 0 Å². The van der Waals surface area contributed by atoms with Crippen LogP contribution in [0, 0.1) is 0 Å². The van der Waals surface area contributed by atoms with Gasteiger partial charge in [-0.25, -0.2) is 14.3 Å². The molecule has 2 aromatic carbocycles. The van der Waals surface area contributed by atoms with Crippen LogP contribution in [0.4, 0.5) is 4.79 Å². The van der Waals surface area contributed by atoms with Crippen LogP contribution in [0.5, 0.6) is 0 Å². The molecule has 0 bridgehead atoms. The van der Waals surface area contributed by atoms with E-state index in [2.05, 4.69) is 45.2 Å². The summed E-state index contributed by atoms with van der Waals surface area (Å²) >= 11 is 0. The third-order valence-corrected chi connectivity index (χ3v) is 5.62. The number of carboxylic acid groups (broad SMARTS) is 1. The van der Waals surface area contributed by atoms with E-state index >= 15 is 0 Å². The number of aromatic carboxylic acids is 1. The summed E-state index contributed by atoms with van der Waals surface area (Å²) in [4.78, 5) is 35.3. The van der Waals surface area contributed by atoms with Crippen molar-refractivity contribution in [3.05, 3.63) is 71.5 Å². The number of carboxylic acids is 1. The molecule has 0 saturated heterocycles. The van der Waals surface area contributed by atoms with E-state index in [0.29, 0.717) is 0 Å². The van der Waals surface area contributed by atoms with Crippen molar-refractivity contribution in [1.29, 1.82) is 0 Å². The van der Waals surface area contributed by atoms with E-state index in [0.717, 1.165) is 22.3 Å². The number of carbonyl (C=O) groups excluding carboxylic acids is 2. The van der Waals surface area contributed by atoms with Crippen molar-refractivity contribution < 1.29 is 24.2 Å². The number of fused-ring (bicyclic) bond motifs is 3. The molecule has 1 aromatic heterocycles. The van der Waals surface area contributed by atoms with Crippen molar-refractivity contribution in [3.63, 3.8) is 0 Å². The molecule has 1 unspecified atom stereocenters. The smallest absolute Gasteiger partial charge is 0.407 e. The zero-order chi connectivity index (χ0) is 24.1. The number of nitrogens with zero attached hydrogens (tertiary/aromatic N) is 3.